The first-order valence-electron chi connectivity index (χ1n) is 8.17. The molecule has 5 heteroatoms. The summed E-state index contributed by atoms with van der Waals surface area (Å²) in [5.41, 5.74) is 2.70. The highest BCUT2D eigenvalue weighted by Crippen LogP contribution is 2.24. The molecule has 0 radical (unpaired) electrons. The van der Waals surface area contributed by atoms with Crippen molar-refractivity contribution in [1.82, 2.24) is 9.88 Å². The number of carbonyl (C=O) groups excluding carboxylic acids is 1. The van der Waals surface area contributed by atoms with E-state index in [-0.39, 0.29) is 18.4 Å². The number of aliphatic carboxylic acids is 1. The van der Waals surface area contributed by atoms with Gasteiger partial charge in [0.25, 0.3) is 5.91 Å². The largest absolute Gasteiger partial charge is 0.481 e. The van der Waals surface area contributed by atoms with Gasteiger partial charge < -0.3 is 15.0 Å². The average Bonchev–Trinajstić information content (AvgIpc) is 2.95. The van der Waals surface area contributed by atoms with E-state index in [2.05, 4.69) is 4.98 Å². The molecule has 0 spiro atoms. The van der Waals surface area contributed by atoms with E-state index in [1.807, 2.05) is 36.1 Å². The van der Waals surface area contributed by atoms with Gasteiger partial charge >= 0.3 is 5.97 Å². The molecule has 0 saturated carbocycles. The summed E-state index contributed by atoms with van der Waals surface area (Å²) >= 11 is 0. The molecule has 1 aliphatic heterocycles. The molecule has 2 N–H and O–H groups in total. The highest BCUT2D eigenvalue weighted by Gasteiger charge is 2.28. The maximum Gasteiger partial charge on any atom is 0.303 e. The van der Waals surface area contributed by atoms with Gasteiger partial charge in [-0.3, -0.25) is 9.59 Å². The fourth-order valence-corrected chi connectivity index (χ4v) is 3.37. The lowest BCUT2D eigenvalue weighted by Crippen LogP contribution is -2.44. The van der Waals surface area contributed by atoms with Crippen LogP contribution in [0.4, 0.5) is 0 Å². The number of rotatable bonds is 4. The highest BCUT2D eigenvalue weighted by atomic mass is 16.4. The molecule has 0 unspecified atom stereocenters. The summed E-state index contributed by atoms with van der Waals surface area (Å²) < 4.78 is 0. The molecule has 1 aromatic heterocycles. The number of carbonyl (C=O) groups is 2. The van der Waals surface area contributed by atoms with Crippen molar-refractivity contribution >= 4 is 22.8 Å². The Bertz CT molecular complexity index is 735. The number of benzene rings is 1. The van der Waals surface area contributed by atoms with E-state index in [0.29, 0.717) is 18.7 Å². The molecule has 1 aromatic carbocycles. The van der Waals surface area contributed by atoms with Crippen LogP contribution in [0.1, 0.15) is 48.2 Å². The Morgan fingerprint density at radius 3 is 2.91 bits per heavy atom. The van der Waals surface area contributed by atoms with Crippen LogP contribution in [0.5, 0.6) is 0 Å². The summed E-state index contributed by atoms with van der Waals surface area (Å²) in [5, 5.41) is 9.92. The van der Waals surface area contributed by atoms with Gasteiger partial charge in [0.2, 0.25) is 0 Å². The number of aromatic amines is 1. The summed E-state index contributed by atoms with van der Waals surface area (Å²) in [4.78, 5) is 28.7. The molecular weight excluding hydrogens is 292 g/mol. The van der Waals surface area contributed by atoms with Gasteiger partial charge in [-0.05, 0) is 50.3 Å². The summed E-state index contributed by atoms with van der Waals surface area (Å²) in [6.45, 7) is 2.73. The molecule has 1 amide bonds. The zero-order chi connectivity index (χ0) is 16.4. The van der Waals surface area contributed by atoms with E-state index in [9.17, 15) is 9.59 Å². The zero-order valence-electron chi connectivity index (χ0n) is 13.3. The molecule has 122 valence electrons. The second kappa shape index (κ2) is 6.44. The Labute approximate surface area is 135 Å². The first-order valence-corrected chi connectivity index (χ1v) is 8.17. The molecule has 0 bridgehead atoms. The predicted octanol–water partition coefficient (Wildman–Crippen LogP) is 3.34. The number of carboxylic acid groups (broad SMARTS) is 1. The minimum atomic E-state index is -0.802. The summed E-state index contributed by atoms with van der Waals surface area (Å²) in [7, 11) is 0. The van der Waals surface area contributed by atoms with Crippen LogP contribution in [0, 0.1) is 6.92 Å². The molecule has 1 saturated heterocycles. The Morgan fingerprint density at radius 2 is 2.13 bits per heavy atom. The van der Waals surface area contributed by atoms with Gasteiger partial charge in [0.05, 0.1) is 0 Å². The maximum absolute atomic E-state index is 12.9. The molecule has 1 atom stereocenters. The smallest absolute Gasteiger partial charge is 0.303 e. The van der Waals surface area contributed by atoms with Gasteiger partial charge in [-0.15, -0.1) is 0 Å². The van der Waals surface area contributed by atoms with Crippen molar-refractivity contribution in [3.8, 4) is 0 Å². The SMILES string of the molecule is Cc1ccc2cc(C(=O)N3CCCC[C@H]3CCC(=O)O)[nH]c2c1. The van der Waals surface area contributed by atoms with Gasteiger partial charge in [0.1, 0.15) is 5.69 Å². The molecule has 0 aliphatic carbocycles. The van der Waals surface area contributed by atoms with E-state index in [0.717, 1.165) is 35.7 Å². The Hall–Kier alpha value is -2.30. The molecule has 23 heavy (non-hydrogen) atoms. The van der Waals surface area contributed by atoms with Gasteiger partial charge in [-0.1, -0.05) is 12.1 Å². The van der Waals surface area contributed by atoms with E-state index >= 15 is 0 Å². The van der Waals surface area contributed by atoms with Crippen molar-refractivity contribution in [1.29, 1.82) is 0 Å². The second-order valence-corrected chi connectivity index (χ2v) is 6.35. The number of fused-ring (bicyclic) bond motifs is 1. The summed E-state index contributed by atoms with van der Waals surface area (Å²) in [6.07, 6.45) is 3.56. The van der Waals surface area contributed by atoms with Crippen LogP contribution in [-0.4, -0.2) is 39.5 Å². The normalized spacial score (nSPS) is 18.3. The van der Waals surface area contributed by atoms with Gasteiger partial charge in [-0.2, -0.15) is 0 Å². The van der Waals surface area contributed by atoms with Gasteiger partial charge in [-0.25, -0.2) is 0 Å². The predicted molar refractivity (Wildman–Crippen MR) is 88.6 cm³/mol. The number of hydrogen-bond donors (Lipinski definition) is 2. The van der Waals surface area contributed by atoms with Crippen molar-refractivity contribution in [3.05, 3.63) is 35.5 Å². The number of H-pyrrole nitrogens is 1. The fraction of sp³-hybridized carbons (Fsp3) is 0.444. The summed E-state index contributed by atoms with van der Waals surface area (Å²) in [6, 6.07) is 7.99. The van der Waals surface area contributed by atoms with E-state index in [1.165, 1.54) is 0 Å². The number of amides is 1. The topological polar surface area (TPSA) is 73.4 Å². The Kier molecular flexibility index (Phi) is 4.37. The molecule has 5 nitrogen and oxygen atoms in total. The van der Waals surface area contributed by atoms with Crippen LogP contribution in [0.2, 0.25) is 0 Å². The molecule has 3 rings (SSSR count). The van der Waals surface area contributed by atoms with Gasteiger partial charge in [0.15, 0.2) is 0 Å². The number of nitrogens with zero attached hydrogens (tertiary/aromatic N) is 1. The number of hydrogen-bond acceptors (Lipinski definition) is 2. The third-order valence-electron chi connectivity index (χ3n) is 4.59. The fourth-order valence-electron chi connectivity index (χ4n) is 3.37. The van der Waals surface area contributed by atoms with Crippen molar-refractivity contribution in [2.75, 3.05) is 6.54 Å². The minimum Gasteiger partial charge on any atom is -0.481 e. The summed E-state index contributed by atoms with van der Waals surface area (Å²) in [5.74, 6) is -0.821. The third-order valence-corrected chi connectivity index (χ3v) is 4.59. The van der Waals surface area contributed by atoms with Crippen LogP contribution in [-0.2, 0) is 4.79 Å². The number of nitrogens with one attached hydrogen (secondary N) is 1. The van der Waals surface area contributed by atoms with Crippen molar-refractivity contribution in [3.63, 3.8) is 0 Å². The maximum atomic E-state index is 12.9. The lowest BCUT2D eigenvalue weighted by Gasteiger charge is -2.35. The van der Waals surface area contributed by atoms with Crippen LogP contribution >= 0.6 is 0 Å². The molecular formula is C18H22N2O3. The van der Waals surface area contributed by atoms with E-state index in [1.54, 1.807) is 0 Å². The quantitative estimate of drug-likeness (QED) is 0.909. The highest BCUT2D eigenvalue weighted by molar-refractivity contribution is 5.98. The second-order valence-electron chi connectivity index (χ2n) is 6.35. The third kappa shape index (κ3) is 3.38. The van der Waals surface area contributed by atoms with Crippen LogP contribution in [0.3, 0.4) is 0 Å². The monoisotopic (exact) mass is 314 g/mol. The first-order chi connectivity index (χ1) is 11.0. The molecule has 2 aromatic rings. The standard InChI is InChI=1S/C18H22N2O3/c1-12-5-6-13-11-16(19-15(13)10-12)18(23)20-9-3-2-4-14(20)7-8-17(21)22/h5-6,10-11,14,19H,2-4,7-9H2,1H3,(H,21,22)/t14-/m0/s1. The number of aromatic nitrogens is 1. The van der Waals surface area contributed by atoms with E-state index < -0.39 is 5.97 Å². The first kappa shape index (κ1) is 15.6. The minimum absolute atomic E-state index is 0.0195. The Morgan fingerprint density at radius 1 is 1.30 bits per heavy atom. The molecule has 1 fully saturated rings. The van der Waals surface area contributed by atoms with Crippen LogP contribution in [0.25, 0.3) is 10.9 Å². The zero-order valence-corrected chi connectivity index (χ0v) is 13.3. The molecule has 1 aliphatic rings. The molecule has 2 heterocycles. The number of carboxylic acids is 1. The van der Waals surface area contributed by atoms with E-state index in [4.69, 9.17) is 5.11 Å². The number of likely N-dealkylation sites (tertiary alicyclic amines) is 1. The van der Waals surface area contributed by atoms with Crippen molar-refractivity contribution in [2.45, 2.75) is 45.1 Å². The number of aryl methyl sites for hydroxylation is 1. The lowest BCUT2D eigenvalue weighted by molar-refractivity contribution is -0.137. The average molecular weight is 314 g/mol. The van der Waals surface area contributed by atoms with Gasteiger partial charge in [0, 0.05) is 29.9 Å². The van der Waals surface area contributed by atoms with Crippen molar-refractivity contribution in [2.24, 2.45) is 0 Å². The Balaban J connectivity index is 1.81. The lowest BCUT2D eigenvalue weighted by atomic mass is 9.97. The van der Waals surface area contributed by atoms with Crippen molar-refractivity contribution < 1.29 is 14.7 Å². The van der Waals surface area contributed by atoms with Crippen LogP contribution < -0.4 is 0 Å². The van der Waals surface area contributed by atoms with Crippen LogP contribution in [0.15, 0.2) is 24.3 Å². The number of piperidine rings is 1.